The summed E-state index contributed by atoms with van der Waals surface area (Å²) in [5, 5.41) is 9.24. The molecule has 4 aliphatic carbocycles. The molecule has 6 aliphatic rings. The number of methoxy groups -OCH3 is 4. The largest absolute Gasteiger partial charge is 0.467 e. The van der Waals surface area contributed by atoms with Gasteiger partial charge in [-0.15, -0.1) is 0 Å². The summed E-state index contributed by atoms with van der Waals surface area (Å²) >= 11 is 3.68. The van der Waals surface area contributed by atoms with Crippen molar-refractivity contribution < 1.29 is 82.3 Å². The minimum Gasteiger partial charge on any atom is -0.467 e. The van der Waals surface area contributed by atoms with Crippen molar-refractivity contribution in [3.05, 3.63) is 112 Å². The number of benzene rings is 4. The van der Waals surface area contributed by atoms with Crippen molar-refractivity contribution in [3.8, 4) is 0 Å². The van der Waals surface area contributed by atoms with Crippen LogP contribution in [0.5, 0.6) is 0 Å². The smallest absolute Gasteiger partial charge is 0.339 e. The fourth-order valence-electron chi connectivity index (χ4n) is 17.9. The molecule has 0 radical (unpaired) electrons. The van der Waals surface area contributed by atoms with Crippen LogP contribution >= 0.6 is 15.9 Å². The Bertz CT molecular complexity index is 4670. The van der Waals surface area contributed by atoms with Gasteiger partial charge in [-0.05, 0) is 306 Å². The van der Waals surface area contributed by atoms with Gasteiger partial charge < -0.3 is 54.7 Å². The van der Waals surface area contributed by atoms with Gasteiger partial charge in [-0.1, -0.05) is 111 Å². The summed E-state index contributed by atoms with van der Waals surface area (Å²) in [5.41, 5.74) is 26.6. The van der Waals surface area contributed by atoms with E-state index < -0.39 is 101 Å². The Hall–Kier alpha value is -6.07. The van der Waals surface area contributed by atoms with Gasteiger partial charge >= 0.3 is 44.3 Å². The molecule has 4 aromatic rings. The van der Waals surface area contributed by atoms with Crippen LogP contribution in [0.3, 0.4) is 0 Å². The summed E-state index contributed by atoms with van der Waals surface area (Å²) in [7, 11) is -5.85. The van der Waals surface area contributed by atoms with E-state index in [1.807, 2.05) is 150 Å². The molecule has 9 N–H and O–H groups in total. The van der Waals surface area contributed by atoms with Crippen molar-refractivity contribution in [2.45, 2.75) is 364 Å². The number of carbonyl (C=O) groups excluding carboxylic acids is 4. The Balaban J connectivity index is 0.000000226. The molecule has 2 heterocycles. The molecule has 4 atom stereocenters. The van der Waals surface area contributed by atoms with Gasteiger partial charge in [-0.3, -0.25) is 9.44 Å². The molecule has 4 saturated carbocycles. The van der Waals surface area contributed by atoms with Gasteiger partial charge in [0.1, 0.15) is 0 Å². The van der Waals surface area contributed by atoms with Crippen LogP contribution in [0.25, 0.3) is 0 Å². The van der Waals surface area contributed by atoms with Crippen LogP contribution in [0.1, 0.15) is 325 Å². The van der Waals surface area contributed by atoms with Crippen molar-refractivity contribution in [1.82, 2.24) is 18.2 Å². The number of halogens is 1. The number of esters is 4. The standard InChI is InChI=1S/C23H35BrN2O5S.C23H39N3O5S.C23H36N2O5S.C23H38N2O3/c1-14-17-12-13-26(16-10-8-7-9-11-16)32(28,29)25-20(17)15(2)18(19(14)24)21(22(27)30-6)31-23(3,4)5;1-15-14-19(21(22(27)30-6)31-23(3,4)5)16(2)20(24)18(15)12-13-26(32(25,28)29)17-10-8-7-9-11-17;1-15-14-19(21(22(26)29-6)30-23(3,4)5)16(2)20-18(15)12-13-25(31(27,28)24-20)17-10-8-7-9-11-17;1-15-14-19(21(22(26)27-6)28-23(3,4)5)16(2)20(24)18(15)12-13-25-17-10-8-7-9-11-17/h16,21,25H,7-13H2,1-6H3;14,17,21H,7-13,24H2,1-6H3,(H2,25,28,29);14,17,21,24H,7-13H2,1-6H3;14,17,21,25H,7-13,24H2,1-6H3/t4*21-/m0000/s1. The van der Waals surface area contributed by atoms with Crippen LogP contribution in [0, 0.1) is 55.4 Å². The van der Waals surface area contributed by atoms with E-state index in [0.717, 1.165) is 174 Å². The first-order valence-electron chi connectivity index (χ1n) is 44.1. The third kappa shape index (κ3) is 28.2. The zero-order chi connectivity index (χ0) is 92.0. The number of hydrogen-bond acceptors (Lipinski definition) is 21. The van der Waals surface area contributed by atoms with E-state index in [9.17, 15) is 44.4 Å². The molecule has 0 unspecified atom stereocenters. The highest BCUT2D eigenvalue weighted by atomic mass is 79.9. The van der Waals surface area contributed by atoms with Gasteiger partial charge in [-0.25, -0.2) is 24.3 Å². The van der Waals surface area contributed by atoms with Gasteiger partial charge in [-0.2, -0.15) is 38.2 Å². The van der Waals surface area contributed by atoms with Gasteiger partial charge in [0, 0.05) is 65.2 Å². The van der Waals surface area contributed by atoms with Crippen molar-refractivity contribution in [1.29, 1.82) is 0 Å². The van der Waals surface area contributed by atoms with E-state index in [2.05, 4.69) is 37.6 Å². The first-order chi connectivity index (χ1) is 57.2. The average Bonchev–Trinajstić information content (AvgIpc) is 1.13. The van der Waals surface area contributed by atoms with Crippen LogP contribution in [-0.2, 0) is 113 Å². The number of nitrogens with two attached hydrogens (primary N) is 3. The molecule has 4 aromatic carbocycles. The first-order valence-corrected chi connectivity index (χ1v) is 49.2. The number of anilines is 4. The number of aryl methyl sites for hydroxylation is 3. The number of hydrogen-bond donors (Lipinski definition) is 6. The summed E-state index contributed by atoms with van der Waals surface area (Å²) in [6.45, 7) is 40.1. The Labute approximate surface area is 744 Å². The number of carbonyl (C=O) groups is 4. The Morgan fingerprint density at radius 1 is 0.480 bits per heavy atom. The predicted molar refractivity (Wildman–Crippen MR) is 491 cm³/mol. The summed E-state index contributed by atoms with van der Waals surface area (Å²) in [6.07, 6.45) is 20.5. The zero-order valence-corrected chi connectivity index (χ0v) is 82.2. The second-order valence-electron chi connectivity index (χ2n) is 38.0. The van der Waals surface area contributed by atoms with E-state index in [1.54, 1.807) is 8.61 Å². The molecule has 27 nitrogen and oxygen atoms in total. The third-order valence-corrected chi connectivity index (χ3v) is 29.5. The number of nitrogens with zero attached hydrogens (tertiary/aromatic N) is 3. The summed E-state index contributed by atoms with van der Waals surface area (Å²) in [4.78, 5) is 50.2. The maximum Gasteiger partial charge on any atom is 0.339 e. The quantitative estimate of drug-likeness (QED) is 0.0228. The highest BCUT2D eigenvalue weighted by Gasteiger charge is 2.42. The van der Waals surface area contributed by atoms with Crippen LogP contribution in [-0.4, -0.2) is 163 Å². The molecule has 10 rings (SSSR count). The molecular formula is C92H148BrN9O18S3. The average molecular weight is 1840 g/mol. The van der Waals surface area contributed by atoms with Crippen LogP contribution < -0.4 is 31.4 Å². The van der Waals surface area contributed by atoms with Crippen LogP contribution in [0.4, 0.5) is 22.7 Å². The number of ether oxygens (including phenoxy) is 8. The molecule has 694 valence electrons. The second-order valence-corrected chi connectivity index (χ2v) is 43.5. The highest BCUT2D eigenvalue weighted by Crippen LogP contribution is 2.46. The molecule has 0 bridgehead atoms. The van der Waals surface area contributed by atoms with Crippen molar-refractivity contribution >= 4 is 93.2 Å². The van der Waals surface area contributed by atoms with Crippen molar-refractivity contribution in [2.24, 2.45) is 5.14 Å². The van der Waals surface area contributed by atoms with Gasteiger partial charge in [0.25, 0.3) is 10.2 Å². The predicted octanol–water partition coefficient (Wildman–Crippen LogP) is 16.8. The van der Waals surface area contributed by atoms with Crippen LogP contribution in [0.15, 0.2) is 22.7 Å². The lowest BCUT2D eigenvalue weighted by Gasteiger charge is -2.32. The molecule has 4 fully saturated rings. The maximum atomic E-state index is 13.4. The summed E-state index contributed by atoms with van der Waals surface area (Å²) < 4.78 is 133. The lowest BCUT2D eigenvalue weighted by atomic mass is 9.91. The second kappa shape index (κ2) is 44.3. The van der Waals surface area contributed by atoms with E-state index in [0.29, 0.717) is 83.3 Å². The van der Waals surface area contributed by atoms with E-state index in [1.165, 1.54) is 71.3 Å². The topological polar surface area (TPSA) is 368 Å². The number of nitrogen functional groups attached to an aromatic ring is 2. The number of rotatable bonds is 23. The Kier molecular flexibility index (Phi) is 37.5. The Morgan fingerprint density at radius 3 is 1.20 bits per heavy atom. The van der Waals surface area contributed by atoms with Gasteiger partial charge in [0.15, 0.2) is 24.4 Å². The molecule has 123 heavy (non-hydrogen) atoms. The minimum atomic E-state index is -3.82. The highest BCUT2D eigenvalue weighted by molar-refractivity contribution is 9.10. The van der Waals surface area contributed by atoms with Gasteiger partial charge in [0.05, 0.1) is 62.2 Å². The maximum absolute atomic E-state index is 13.4. The fourth-order valence-corrected chi connectivity index (χ4v) is 22.8. The Morgan fingerprint density at radius 2 is 0.813 bits per heavy atom. The van der Waals surface area contributed by atoms with Crippen molar-refractivity contribution in [2.75, 3.05) is 75.5 Å². The fraction of sp³-hybridized carbons (Fsp3) is 0.696. The molecule has 2 aliphatic heterocycles. The lowest BCUT2D eigenvalue weighted by Crippen LogP contribution is -2.46. The van der Waals surface area contributed by atoms with E-state index in [4.69, 9.17) is 54.5 Å². The molecular weight excluding hydrogens is 1700 g/mol. The molecule has 0 saturated heterocycles. The minimum absolute atomic E-state index is 0.0335. The monoisotopic (exact) mass is 1840 g/mol. The molecule has 0 amide bonds. The van der Waals surface area contributed by atoms with Crippen LogP contribution in [0.2, 0.25) is 0 Å². The summed E-state index contributed by atoms with van der Waals surface area (Å²) in [5.74, 6) is -1.92. The number of nitrogens with one attached hydrogen (secondary N) is 3. The summed E-state index contributed by atoms with van der Waals surface area (Å²) in [6, 6.07) is 6.51. The zero-order valence-electron chi connectivity index (χ0n) is 78.2. The molecule has 0 spiro atoms. The normalized spacial score (nSPS) is 18.9. The van der Waals surface area contributed by atoms with E-state index in [-0.39, 0.29) is 24.7 Å². The molecule has 0 aromatic heterocycles. The first kappa shape index (κ1) is 104. The van der Waals surface area contributed by atoms with E-state index >= 15 is 0 Å². The third-order valence-electron chi connectivity index (χ3n) is 24.2. The van der Waals surface area contributed by atoms with Gasteiger partial charge in [0.2, 0.25) is 0 Å². The number of fused-ring (bicyclic) bond motifs is 2. The lowest BCUT2D eigenvalue weighted by molar-refractivity contribution is -0.164. The SMILES string of the molecule is COC(=O)[C@@H](OC(C)(C)C)c1c(C)c2c(c(C)c1Br)CCN(C1CCCCC1)S(=O)(=O)N2.COC(=O)[C@@H](OC(C)(C)C)c1cc(C)c(CCN(C2CCCCC2)S(N)(=O)=O)c(N)c1C.COC(=O)[C@@H](OC(C)(C)C)c1cc(C)c(CCNC2CCCCC2)c(N)c1C.COC(=O)[C@@H](OC(C)(C)C)c1cc(C)c2c(c1C)NS(=O)(=O)N(C1CCCCC1)CC2. The molecule has 31 heteroatoms. The van der Waals surface area contributed by atoms with Crippen molar-refractivity contribution in [3.63, 3.8) is 0 Å².